The Labute approximate surface area is 223 Å². The molecule has 0 saturated heterocycles. The molecule has 1 aromatic heterocycles. The average molecular weight is 536 g/mol. The van der Waals surface area contributed by atoms with Gasteiger partial charge in [-0.25, -0.2) is 4.68 Å². The van der Waals surface area contributed by atoms with E-state index in [0.717, 1.165) is 52.9 Å². The van der Waals surface area contributed by atoms with E-state index in [9.17, 15) is 13.2 Å². The number of halogens is 3. The number of aromatic nitrogens is 2. The first kappa shape index (κ1) is 25.6. The van der Waals surface area contributed by atoms with Crippen molar-refractivity contribution in [2.75, 3.05) is 5.32 Å². The van der Waals surface area contributed by atoms with Crippen molar-refractivity contribution in [3.05, 3.63) is 101 Å². The lowest BCUT2D eigenvalue weighted by molar-refractivity contribution is -0.274. The molecule has 0 aliphatic heterocycles. The zero-order valence-corrected chi connectivity index (χ0v) is 21.3. The van der Waals surface area contributed by atoms with Gasteiger partial charge in [-0.05, 0) is 90.5 Å². The molecule has 3 aromatic rings. The number of rotatable bonds is 5. The summed E-state index contributed by atoms with van der Waals surface area (Å²) >= 11 is 5.33. The molecule has 0 spiro atoms. The summed E-state index contributed by atoms with van der Waals surface area (Å²) in [7, 11) is 0. The van der Waals surface area contributed by atoms with Crippen molar-refractivity contribution in [2.24, 2.45) is 10.2 Å². The summed E-state index contributed by atoms with van der Waals surface area (Å²) in [6.45, 7) is 2.08. The molecule has 0 atom stereocenters. The van der Waals surface area contributed by atoms with E-state index in [4.69, 9.17) is 12.2 Å². The van der Waals surface area contributed by atoms with Gasteiger partial charge in [0.25, 0.3) is 0 Å². The third-order valence-electron chi connectivity index (χ3n) is 6.36. The minimum atomic E-state index is -4.72. The molecule has 10 heteroatoms. The number of hydrogen-bond acceptors (Lipinski definition) is 4. The van der Waals surface area contributed by atoms with Crippen LogP contribution in [0.5, 0.6) is 5.75 Å². The lowest BCUT2D eigenvalue weighted by Crippen LogP contribution is -2.17. The van der Waals surface area contributed by atoms with Gasteiger partial charge in [-0.3, -0.25) is 0 Å². The molecule has 0 bridgehead atoms. The zero-order valence-electron chi connectivity index (χ0n) is 20.5. The lowest BCUT2D eigenvalue weighted by atomic mass is 9.82. The summed E-state index contributed by atoms with van der Waals surface area (Å²) < 4.78 is 43.1. The van der Waals surface area contributed by atoms with Gasteiger partial charge in [0.05, 0.1) is 23.8 Å². The first-order valence-electron chi connectivity index (χ1n) is 12.1. The highest BCUT2D eigenvalue weighted by molar-refractivity contribution is 7.80. The number of aryl methyl sites for hydroxylation is 1. The number of para-hydroxylation sites is 1. The number of benzene rings is 2. The molecule has 38 heavy (non-hydrogen) atoms. The van der Waals surface area contributed by atoms with Crippen LogP contribution in [0.15, 0.2) is 94.5 Å². The van der Waals surface area contributed by atoms with Crippen LogP contribution in [0.25, 0.3) is 11.3 Å². The fourth-order valence-electron chi connectivity index (χ4n) is 4.64. The monoisotopic (exact) mass is 535 g/mol. The van der Waals surface area contributed by atoms with Crippen LogP contribution in [0.4, 0.5) is 18.9 Å². The van der Waals surface area contributed by atoms with Gasteiger partial charge in [-0.1, -0.05) is 37.3 Å². The Balaban J connectivity index is 1.26. The summed E-state index contributed by atoms with van der Waals surface area (Å²) in [6.07, 6.45) is 6.21. The number of ether oxygens (including phenoxy) is 1. The highest BCUT2D eigenvalue weighted by Crippen LogP contribution is 2.40. The summed E-state index contributed by atoms with van der Waals surface area (Å²) in [5.41, 5.74) is 8.16. The third kappa shape index (κ3) is 5.75. The summed E-state index contributed by atoms with van der Waals surface area (Å²) in [6, 6.07) is 13.7. The molecule has 2 aliphatic carbocycles. The standard InChI is InChI=1S/C28H24F3N5OS/c1-2-19-5-3-4-6-25(19)34-27(38)35-32-16-18-7-13-23-20(15-18)8-14-26-24(23)17-33-36(26)21-9-11-22(12-10-21)37-28(29,30)31/h3-6,9-13,15-17H,2,7-8,14H2,1H3,(H,34,38)/b18-16+,35-32-. The van der Waals surface area contributed by atoms with E-state index in [1.165, 1.54) is 17.7 Å². The molecule has 0 unspecified atom stereocenters. The number of thiocarbonyl (C=S) groups is 1. The Kier molecular flexibility index (Phi) is 7.24. The largest absolute Gasteiger partial charge is 0.573 e. The Hall–Kier alpha value is -4.05. The highest BCUT2D eigenvalue weighted by atomic mass is 32.1. The van der Waals surface area contributed by atoms with Crippen LogP contribution in [0, 0.1) is 0 Å². The number of nitrogens with one attached hydrogen (secondary N) is 1. The Morgan fingerprint density at radius 2 is 1.95 bits per heavy atom. The van der Waals surface area contributed by atoms with Crippen molar-refractivity contribution in [2.45, 2.75) is 39.0 Å². The van der Waals surface area contributed by atoms with Crippen molar-refractivity contribution in [3.63, 3.8) is 0 Å². The second-order valence-corrected chi connectivity index (χ2v) is 9.20. The van der Waals surface area contributed by atoms with Crippen LogP contribution in [-0.2, 0) is 12.8 Å². The van der Waals surface area contributed by atoms with E-state index in [1.54, 1.807) is 29.2 Å². The van der Waals surface area contributed by atoms with E-state index in [-0.39, 0.29) is 5.75 Å². The van der Waals surface area contributed by atoms with Crippen molar-refractivity contribution in [3.8, 4) is 11.4 Å². The molecule has 1 heterocycles. The molecular formula is C28H24F3N5OS. The number of allylic oxidation sites excluding steroid dienone is 5. The fourth-order valence-corrected chi connectivity index (χ4v) is 4.80. The van der Waals surface area contributed by atoms with Crippen LogP contribution >= 0.6 is 12.2 Å². The van der Waals surface area contributed by atoms with Crippen molar-refractivity contribution < 1.29 is 17.9 Å². The molecule has 194 valence electrons. The normalized spacial score (nSPS) is 16.1. The number of alkyl halides is 3. The smallest absolute Gasteiger partial charge is 0.406 e. The number of nitrogens with zero attached hydrogens (tertiary/aromatic N) is 4. The fraction of sp³-hybridized carbons (Fsp3) is 0.214. The summed E-state index contributed by atoms with van der Waals surface area (Å²) in [4.78, 5) is 0. The first-order valence-corrected chi connectivity index (χ1v) is 12.5. The highest BCUT2D eigenvalue weighted by Gasteiger charge is 2.31. The molecule has 2 aromatic carbocycles. The SMILES string of the molecule is CCc1ccccc1NC(=S)/N=N\C=C1\C=C2CCc3c(cnn3-c3ccc(OC(F)(F)F)cc3)C2=CC1. The molecule has 0 fully saturated rings. The van der Waals surface area contributed by atoms with Crippen LogP contribution in [0.1, 0.15) is 36.6 Å². The van der Waals surface area contributed by atoms with Crippen LogP contribution < -0.4 is 10.1 Å². The maximum absolute atomic E-state index is 12.5. The van der Waals surface area contributed by atoms with Crippen molar-refractivity contribution in [1.29, 1.82) is 0 Å². The number of azo groups is 1. The minimum absolute atomic E-state index is 0.263. The second-order valence-electron chi connectivity index (χ2n) is 8.81. The van der Waals surface area contributed by atoms with Crippen molar-refractivity contribution in [1.82, 2.24) is 9.78 Å². The number of hydrogen-bond donors (Lipinski definition) is 1. The van der Waals surface area contributed by atoms with Crippen molar-refractivity contribution >= 4 is 28.6 Å². The molecule has 0 saturated carbocycles. The number of anilines is 1. The molecular weight excluding hydrogens is 511 g/mol. The molecule has 1 N–H and O–H groups in total. The molecule has 2 aliphatic rings. The summed E-state index contributed by atoms with van der Waals surface area (Å²) in [5, 5.41) is 16.3. The van der Waals surface area contributed by atoms with E-state index in [0.29, 0.717) is 17.2 Å². The van der Waals surface area contributed by atoms with Gasteiger partial charge in [0, 0.05) is 11.3 Å². The lowest BCUT2D eigenvalue weighted by Gasteiger charge is -2.23. The van der Waals surface area contributed by atoms with Gasteiger partial charge in [-0.2, -0.15) is 10.2 Å². The Bertz CT molecular complexity index is 1480. The maximum Gasteiger partial charge on any atom is 0.573 e. The molecule has 0 radical (unpaired) electrons. The second kappa shape index (κ2) is 10.7. The molecule has 5 rings (SSSR count). The molecule has 6 nitrogen and oxygen atoms in total. The number of fused-ring (bicyclic) bond motifs is 3. The van der Waals surface area contributed by atoms with Crippen LogP contribution in [0.3, 0.4) is 0 Å². The topological polar surface area (TPSA) is 63.8 Å². The zero-order chi connectivity index (χ0) is 26.7. The van der Waals surface area contributed by atoms with Crippen LogP contribution in [-0.4, -0.2) is 21.3 Å². The predicted molar refractivity (Wildman–Crippen MR) is 144 cm³/mol. The van der Waals surface area contributed by atoms with E-state index in [1.807, 2.05) is 24.3 Å². The van der Waals surface area contributed by atoms with Gasteiger partial charge >= 0.3 is 6.36 Å². The summed E-state index contributed by atoms with van der Waals surface area (Å²) in [5.74, 6) is -0.263. The first-order chi connectivity index (χ1) is 18.3. The minimum Gasteiger partial charge on any atom is -0.406 e. The average Bonchev–Trinajstić information content (AvgIpc) is 3.33. The van der Waals surface area contributed by atoms with Gasteiger partial charge in [0.15, 0.2) is 0 Å². The van der Waals surface area contributed by atoms with Gasteiger partial charge in [0.2, 0.25) is 5.11 Å². The quantitative estimate of drug-likeness (QED) is 0.268. The Morgan fingerprint density at radius 3 is 2.71 bits per heavy atom. The molecule has 0 amide bonds. The van der Waals surface area contributed by atoms with Gasteiger partial charge in [0.1, 0.15) is 5.75 Å². The van der Waals surface area contributed by atoms with Gasteiger partial charge < -0.3 is 10.1 Å². The van der Waals surface area contributed by atoms with E-state index < -0.39 is 6.36 Å². The Morgan fingerprint density at radius 1 is 1.16 bits per heavy atom. The van der Waals surface area contributed by atoms with Crippen LogP contribution in [0.2, 0.25) is 0 Å². The third-order valence-corrected chi connectivity index (χ3v) is 6.55. The van der Waals surface area contributed by atoms with E-state index in [2.05, 4.69) is 44.5 Å². The predicted octanol–water partition coefficient (Wildman–Crippen LogP) is 7.73. The van der Waals surface area contributed by atoms with E-state index >= 15 is 0 Å². The maximum atomic E-state index is 12.5. The van der Waals surface area contributed by atoms with Gasteiger partial charge in [-0.15, -0.1) is 18.3 Å².